The molecule has 0 radical (unpaired) electrons. The maximum absolute atomic E-state index is 9.75. The lowest BCUT2D eigenvalue weighted by atomic mass is 10.0. The summed E-state index contributed by atoms with van der Waals surface area (Å²) in [5, 5.41) is 23.0. The molecule has 0 bridgehead atoms. The second-order valence-corrected chi connectivity index (χ2v) is 5.48. The Hall–Kier alpha value is -0.320. The van der Waals surface area contributed by atoms with Crippen LogP contribution in [0.4, 0.5) is 0 Å². The number of hydrogen-bond acceptors (Lipinski definition) is 3. The Morgan fingerprint density at radius 1 is 1.33 bits per heavy atom. The van der Waals surface area contributed by atoms with E-state index in [1.54, 1.807) is 13.0 Å². The van der Waals surface area contributed by atoms with Gasteiger partial charge < -0.3 is 15.5 Å². The summed E-state index contributed by atoms with van der Waals surface area (Å²) in [6.45, 7) is 3.65. The fourth-order valence-corrected chi connectivity index (χ4v) is 1.93. The van der Waals surface area contributed by atoms with E-state index in [9.17, 15) is 5.11 Å². The van der Waals surface area contributed by atoms with Gasteiger partial charge in [0.15, 0.2) is 0 Å². The molecule has 0 heterocycles. The molecule has 0 fully saturated rings. The van der Waals surface area contributed by atoms with Gasteiger partial charge in [0.1, 0.15) is 0 Å². The quantitative estimate of drug-likeness (QED) is 0.755. The fourth-order valence-electron chi connectivity index (χ4n) is 1.63. The standard InChI is InChI=1S/C13H19Cl2NO2/c1-3-12(16-7-13(2,18)8-17)9-4-5-10(14)11(15)6-9/h4-6,12,16-18H,3,7-8H2,1-2H3. The Bertz CT molecular complexity index is 397. The van der Waals surface area contributed by atoms with Crippen molar-refractivity contribution in [1.29, 1.82) is 0 Å². The zero-order chi connectivity index (χ0) is 13.8. The van der Waals surface area contributed by atoms with Gasteiger partial charge in [0.2, 0.25) is 0 Å². The molecule has 0 saturated carbocycles. The lowest BCUT2D eigenvalue weighted by Gasteiger charge is -2.25. The summed E-state index contributed by atoms with van der Waals surface area (Å²) in [4.78, 5) is 0. The van der Waals surface area contributed by atoms with Crippen LogP contribution in [0.15, 0.2) is 18.2 Å². The molecular weight excluding hydrogens is 273 g/mol. The number of aliphatic hydroxyl groups excluding tert-OH is 1. The van der Waals surface area contributed by atoms with Crippen molar-refractivity contribution in [3.8, 4) is 0 Å². The Labute approximate surface area is 118 Å². The summed E-state index contributed by atoms with van der Waals surface area (Å²) in [6, 6.07) is 5.55. The van der Waals surface area contributed by atoms with Gasteiger partial charge in [0.05, 0.1) is 22.3 Å². The highest BCUT2D eigenvalue weighted by molar-refractivity contribution is 6.42. The van der Waals surface area contributed by atoms with Crippen LogP contribution in [0.5, 0.6) is 0 Å². The first-order valence-corrected chi connectivity index (χ1v) is 6.67. The van der Waals surface area contributed by atoms with Gasteiger partial charge in [-0.3, -0.25) is 0 Å². The summed E-state index contributed by atoms with van der Waals surface area (Å²) in [5.74, 6) is 0. The maximum atomic E-state index is 9.75. The monoisotopic (exact) mass is 291 g/mol. The number of nitrogens with one attached hydrogen (secondary N) is 1. The van der Waals surface area contributed by atoms with Gasteiger partial charge in [-0.2, -0.15) is 0 Å². The zero-order valence-corrected chi connectivity index (χ0v) is 12.1. The van der Waals surface area contributed by atoms with E-state index >= 15 is 0 Å². The van der Waals surface area contributed by atoms with Crippen molar-refractivity contribution in [2.45, 2.75) is 31.9 Å². The number of benzene rings is 1. The number of rotatable bonds is 6. The molecule has 0 aliphatic rings. The van der Waals surface area contributed by atoms with Crippen molar-refractivity contribution in [2.75, 3.05) is 13.2 Å². The van der Waals surface area contributed by atoms with Crippen molar-refractivity contribution in [3.63, 3.8) is 0 Å². The number of halogens is 2. The molecule has 102 valence electrons. The van der Waals surface area contributed by atoms with Crippen LogP contribution in [0.25, 0.3) is 0 Å². The number of aliphatic hydroxyl groups is 2. The first kappa shape index (κ1) is 15.7. The van der Waals surface area contributed by atoms with Gasteiger partial charge in [0, 0.05) is 12.6 Å². The van der Waals surface area contributed by atoms with Gasteiger partial charge in [-0.1, -0.05) is 36.2 Å². The van der Waals surface area contributed by atoms with Gasteiger partial charge >= 0.3 is 0 Å². The zero-order valence-electron chi connectivity index (χ0n) is 10.6. The van der Waals surface area contributed by atoms with E-state index in [4.69, 9.17) is 28.3 Å². The van der Waals surface area contributed by atoms with Crippen LogP contribution in [-0.4, -0.2) is 29.0 Å². The van der Waals surface area contributed by atoms with Crippen molar-refractivity contribution in [1.82, 2.24) is 5.32 Å². The third-order valence-electron chi connectivity index (χ3n) is 2.82. The predicted molar refractivity (Wildman–Crippen MR) is 75.2 cm³/mol. The van der Waals surface area contributed by atoms with Crippen molar-refractivity contribution in [2.24, 2.45) is 0 Å². The Morgan fingerprint density at radius 2 is 2.00 bits per heavy atom. The van der Waals surface area contributed by atoms with Gasteiger partial charge in [-0.05, 0) is 31.0 Å². The molecule has 2 atom stereocenters. The smallest absolute Gasteiger partial charge is 0.0973 e. The van der Waals surface area contributed by atoms with Crippen LogP contribution in [0, 0.1) is 0 Å². The lowest BCUT2D eigenvalue weighted by molar-refractivity contribution is 0.000594. The van der Waals surface area contributed by atoms with E-state index in [0.717, 1.165) is 12.0 Å². The van der Waals surface area contributed by atoms with Crippen molar-refractivity contribution < 1.29 is 10.2 Å². The summed E-state index contributed by atoms with van der Waals surface area (Å²) < 4.78 is 0. The van der Waals surface area contributed by atoms with Gasteiger partial charge in [-0.15, -0.1) is 0 Å². The van der Waals surface area contributed by atoms with Crippen molar-refractivity contribution in [3.05, 3.63) is 33.8 Å². The molecule has 3 N–H and O–H groups in total. The first-order chi connectivity index (χ1) is 8.39. The van der Waals surface area contributed by atoms with E-state index in [1.807, 2.05) is 19.1 Å². The molecule has 0 saturated heterocycles. The van der Waals surface area contributed by atoms with Crippen molar-refractivity contribution >= 4 is 23.2 Å². The van der Waals surface area contributed by atoms with Crippen LogP contribution in [0.2, 0.25) is 10.0 Å². The minimum Gasteiger partial charge on any atom is -0.393 e. The second kappa shape index (κ2) is 6.73. The predicted octanol–water partition coefficient (Wildman–Crippen LogP) is 2.78. The van der Waals surface area contributed by atoms with Crippen LogP contribution in [0.3, 0.4) is 0 Å². The van der Waals surface area contributed by atoms with Crippen LogP contribution >= 0.6 is 23.2 Å². The van der Waals surface area contributed by atoms with E-state index in [1.165, 1.54) is 0 Å². The molecule has 3 nitrogen and oxygen atoms in total. The number of hydrogen-bond donors (Lipinski definition) is 3. The van der Waals surface area contributed by atoms with Crippen LogP contribution in [0.1, 0.15) is 31.9 Å². The maximum Gasteiger partial charge on any atom is 0.0973 e. The lowest BCUT2D eigenvalue weighted by Crippen LogP contribution is -2.42. The molecule has 0 aliphatic heterocycles. The molecular formula is C13H19Cl2NO2. The first-order valence-electron chi connectivity index (χ1n) is 5.91. The highest BCUT2D eigenvalue weighted by Gasteiger charge is 2.21. The molecule has 5 heteroatoms. The third kappa shape index (κ3) is 4.41. The molecule has 2 unspecified atom stereocenters. The van der Waals surface area contributed by atoms with Gasteiger partial charge in [0.25, 0.3) is 0 Å². The van der Waals surface area contributed by atoms with E-state index < -0.39 is 5.60 Å². The van der Waals surface area contributed by atoms with Gasteiger partial charge in [-0.25, -0.2) is 0 Å². The second-order valence-electron chi connectivity index (χ2n) is 4.67. The highest BCUT2D eigenvalue weighted by Crippen LogP contribution is 2.27. The Kier molecular flexibility index (Phi) is 5.89. The molecule has 0 aliphatic carbocycles. The molecule has 1 rings (SSSR count). The average molecular weight is 292 g/mol. The average Bonchev–Trinajstić information content (AvgIpc) is 2.34. The summed E-state index contributed by atoms with van der Waals surface area (Å²) >= 11 is 11.9. The molecule has 0 spiro atoms. The molecule has 0 aromatic heterocycles. The fraction of sp³-hybridized carbons (Fsp3) is 0.538. The molecule has 0 amide bonds. The molecule has 18 heavy (non-hydrogen) atoms. The largest absolute Gasteiger partial charge is 0.393 e. The van der Waals surface area contributed by atoms with E-state index in [2.05, 4.69) is 5.32 Å². The normalized spacial score (nSPS) is 16.3. The molecule has 1 aromatic rings. The summed E-state index contributed by atoms with van der Waals surface area (Å²) in [7, 11) is 0. The van der Waals surface area contributed by atoms with Crippen LogP contribution < -0.4 is 5.32 Å². The Balaban J connectivity index is 2.74. The highest BCUT2D eigenvalue weighted by atomic mass is 35.5. The Morgan fingerprint density at radius 3 is 2.50 bits per heavy atom. The summed E-state index contributed by atoms with van der Waals surface area (Å²) in [5.41, 5.74) is -0.107. The minimum atomic E-state index is -1.12. The van der Waals surface area contributed by atoms with Crippen LogP contribution in [-0.2, 0) is 0 Å². The topological polar surface area (TPSA) is 52.5 Å². The SMILES string of the molecule is CCC(NCC(C)(O)CO)c1ccc(Cl)c(Cl)c1. The third-order valence-corrected chi connectivity index (χ3v) is 3.56. The van der Waals surface area contributed by atoms with E-state index in [0.29, 0.717) is 16.6 Å². The van der Waals surface area contributed by atoms with E-state index in [-0.39, 0.29) is 12.6 Å². The summed E-state index contributed by atoms with van der Waals surface area (Å²) in [6.07, 6.45) is 0.847. The minimum absolute atomic E-state index is 0.0674. The molecule has 1 aromatic carbocycles.